The first kappa shape index (κ1) is 17.4. The van der Waals surface area contributed by atoms with Crippen molar-refractivity contribution in [1.29, 1.82) is 0 Å². The molecule has 0 heterocycles. The Kier molecular flexibility index (Phi) is 7.15. The summed E-state index contributed by atoms with van der Waals surface area (Å²) in [4.78, 5) is 13.7. The first-order valence-corrected chi connectivity index (χ1v) is 7.24. The highest BCUT2D eigenvalue weighted by Crippen LogP contribution is 2.19. The van der Waals surface area contributed by atoms with Gasteiger partial charge in [-0.2, -0.15) is 0 Å². The summed E-state index contributed by atoms with van der Waals surface area (Å²) < 4.78 is 18.5. The number of hydrogen-bond donors (Lipinski definition) is 1. The van der Waals surface area contributed by atoms with E-state index in [1.54, 1.807) is 24.1 Å². The van der Waals surface area contributed by atoms with Gasteiger partial charge in [-0.25, -0.2) is 4.39 Å². The molecule has 0 aliphatic heterocycles. The molecule has 0 saturated carbocycles. The summed E-state index contributed by atoms with van der Waals surface area (Å²) in [5.74, 6) is 0.316. The fourth-order valence-corrected chi connectivity index (χ4v) is 2.16. The molecule has 21 heavy (non-hydrogen) atoms. The molecule has 1 aromatic carbocycles. The summed E-state index contributed by atoms with van der Waals surface area (Å²) in [6.07, 6.45) is 2.26. The number of carbonyl (C=O) groups excluding carboxylic acids is 1. The molecule has 118 valence electrons. The molecule has 0 spiro atoms. The maximum Gasteiger partial charge on any atom is 0.222 e. The van der Waals surface area contributed by atoms with E-state index in [1.807, 2.05) is 0 Å². The van der Waals surface area contributed by atoms with Crippen LogP contribution in [0, 0.1) is 11.7 Å². The summed E-state index contributed by atoms with van der Waals surface area (Å²) >= 11 is 0. The second-order valence-electron chi connectivity index (χ2n) is 5.44. The van der Waals surface area contributed by atoms with Crippen molar-refractivity contribution in [3.8, 4) is 5.75 Å². The Bertz CT molecular complexity index is 466. The Hall–Kier alpha value is -1.62. The van der Waals surface area contributed by atoms with Crippen molar-refractivity contribution in [2.45, 2.75) is 32.7 Å². The number of amides is 1. The van der Waals surface area contributed by atoms with Gasteiger partial charge in [0.25, 0.3) is 0 Å². The zero-order chi connectivity index (χ0) is 15.8. The first-order valence-electron chi connectivity index (χ1n) is 7.24. The van der Waals surface area contributed by atoms with Crippen molar-refractivity contribution in [3.05, 3.63) is 29.6 Å². The minimum Gasteiger partial charge on any atom is -0.494 e. The Morgan fingerprint density at radius 2 is 2.14 bits per heavy atom. The zero-order valence-electron chi connectivity index (χ0n) is 13.1. The molecule has 0 fully saturated rings. The van der Waals surface area contributed by atoms with Crippen LogP contribution in [0.1, 0.15) is 31.7 Å². The predicted molar refractivity (Wildman–Crippen MR) is 81.5 cm³/mol. The van der Waals surface area contributed by atoms with Gasteiger partial charge in [-0.05, 0) is 43.0 Å². The van der Waals surface area contributed by atoms with Crippen LogP contribution in [0.5, 0.6) is 5.75 Å². The average molecular weight is 296 g/mol. The van der Waals surface area contributed by atoms with Gasteiger partial charge >= 0.3 is 0 Å². The Morgan fingerprint density at radius 3 is 2.71 bits per heavy atom. The average Bonchev–Trinajstić information content (AvgIpc) is 2.45. The van der Waals surface area contributed by atoms with Gasteiger partial charge in [0.05, 0.1) is 7.11 Å². The van der Waals surface area contributed by atoms with E-state index in [-0.39, 0.29) is 11.7 Å². The van der Waals surface area contributed by atoms with E-state index in [0.29, 0.717) is 25.4 Å². The summed E-state index contributed by atoms with van der Waals surface area (Å²) in [5.41, 5.74) is 6.24. The van der Waals surface area contributed by atoms with E-state index in [1.165, 1.54) is 13.2 Å². The van der Waals surface area contributed by atoms with Crippen LogP contribution in [0.3, 0.4) is 0 Å². The number of nitrogens with zero attached hydrogens (tertiary/aromatic N) is 1. The van der Waals surface area contributed by atoms with Gasteiger partial charge in [-0.1, -0.05) is 13.0 Å². The van der Waals surface area contributed by atoms with Crippen molar-refractivity contribution in [2.24, 2.45) is 11.7 Å². The number of carbonyl (C=O) groups is 1. The van der Waals surface area contributed by atoms with Crippen molar-refractivity contribution in [2.75, 3.05) is 20.7 Å². The molecule has 0 bridgehead atoms. The van der Waals surface area contributed by atoms with Crippen LogP contribution < -0.4 is 10.5 Å². The number of rotatable bonds is 8. The van der Waals surface area contributed by atoms with Crippen LogP contribution in [0.4, 0.5) is 4.39 Å². The maximum atomic E-state index is 13.6. The van der Waals surface area contributed by atoms with Crippen LogP contribution in [0.15, 0.2) is 18.2 Å². The van der Waals surface area contributed by atoms with Crippen LogP contribution in [-0.4, -0.2) is 31.5 Å². The smallest absolute Gasteiger partial charge is 0.222 e. The number of ether oxygens (including phenoxy) is 1. The number of hydrogen-bond acceptors (Lipinski definition) is 3. The molecular weight excluding hydrogens is 271 g/mol. The predicted octanol–water partition coefficient (Wildman–Crippen LogP) is 2.56. The number of nitrogens with two attached hydrogens (primary N) is 1. The number of halogens is 1. The molecule has 2 N–H and O–H groups in total. The summed E-state index contributed by atoms with van der Waals surface area (Å²) in [7, 11) is 3.16. The highest BCUT2D eigenvalue weighted by atomic mass is 19.1. The topological polar surface area (TPSA) is 55.6 Å². The third kappa shape index (κ3) is 5.71. The van der Waals surface area contributed by atoms with Gasteiger partial charge in [0.2, 0.25) is 5.91 Å². The minimum atomic E-state index is -0.410. The van der Waals surface area contributed by atoms with Crippen molar-refractivity contribution < 1.29 is 13.9 Å². The molecule has 5 heteroatoms. The van der Waals surface area contributed by atoms with Crippen LogP contribution in [0.25, 0.3) is 0 Å². The quantitative estimate of drug-likeness (QED) is 0.802. The zero-order valence-corrected chi connectivity index (χ0v) is 13.1. The Morgan fingerprint density at radius 1 is 1.43 bits per heavy atom. The van der Waals surface area contributed by atoms with E-state index >= 15 is 0 Å². The molecule has 1 aromatic rings. The summed E-state index contributed by atoms with van der Waals surface area (Å²) in [6, 6.07) is 4.74. The van der Waals surface area contributed by atoms with Gasteiger partial charge in [0.15, 0.2) is 11.6 Å². The molecule has 0 saturated heterocycles. The normalized spacial score (nSPS) is 12.0. The van der Waals surface area contributed by atoms with E-state index in [9.17, 15) is 9.18 Å². The largest absolute Gasteiger partial charge is 0.494 e. The number of methoxy groups -OCH3 is 1. The van der Waals surface area contributed by atoms with Crippen molar-refractivity contribution >= 4 is 5.91 Å². The lowest BCUT2D eigenvalue weighted by Crippen LogP contribution is -2.26. The lowest BCUT2D eigenvalue weighted by Gasteiger charge is -2.19. The fraction of sp³-hybridized carbons (Fsp3) is 0.562. The Labute approximate surface area is 126 Å². The van der Waals surface area contributed by atoms with Crippen LogP contribution >= 0.6 is 0 Å². The molecular formula is C16H25FN2O2. The lowest BCUT2D eigenvalue weighted by atomic mass is 10.0. The lowest BCUT2D eigenvalue weighted by molar-refractivity contribution is -0.130. The van der Waals surface area contributed by atoms with E-state index in [4.69, 9.17) is 10.5 Å². The molecule has 1 unspecified atom stereocenters. The SMILES string of the molecule is COc1ccc(CN(C)C(=O)CCC(C)CCN)cc1F. The van der Waals surface area contributed by atoms with E-state index in [2.05, 4.69) is 6.92 Å². The second kappa shape index (κ2) is 8.62. The van der Waals surface area contributed by atoms with Crippen LogP contribution in [-0.2, 0) is 11.3 Å². The summed E-state index contributed by atoms with van der Waals surface area (Å²) in [5, 5.41) is 0. The van der Waals surface area contributed by atoms with Gasteiger partial charge in [-0.15, -0.1) is 0 Å². The highest BCUT2D eigenvalue weighted by Gasteiger charge is 2.12. The van der Waals surface area contributed by atoms with Gasteiger partial charge < -0.3 is 15.4 Å². The molecule has 0 aliphatic carbocycles. The minimum absolute atomic E-state index is 0.0649. The Balaban J connectivity index is 2.50. The van der Waals surface area contributed by atoms with Gasteiger partial charge in [0, 0.05) is 20.0 Å². The van der Waals surface area contributed by atoms with Crippen LogP contribution in [0.2, 0.25) is 0 Å². The molecule has 1 amide bonds. The molecule has 0 aliphatic rings. The number of benzene rings is 1. The van der Waals surface area contributed by atoms with E-state index < -0.39 is 5.82 Å². The van der Waals surface area contributed by atoms with Crippen molar-refractivity contribution in [1.82, 2.24) is 4.90 Å². The monoisotopic (exact) mass is 296 g/mol. The standard InChI is InChI=1S/C16H25FN2O2/c1-12(8-9-18)4-7-16(20)19(2)11-13-5-6-15(21-3)14(17)10-13/h5-6,10,12H,4,7-9,11,18H2,1-3H3. The molecule has 1 atom stereocenters. The molecule has 0 aromatic heterocycles. The highest BCUT2D eigenvalue weighted by molar-refractivity contribution is 5.75. The second-order valence-corrected chi connectivity index (χ2v) is 5.44. The van der Waals surface area contributed by atoms with Crippen molar-refractivity contribution in [3.63, 3.8) is 0 Å². The molecule has 1 rings (SSSR count). The molecule has 0 radical (unpaired) electrons. The van der Waals surface area contributed by atoms with Gasteiger partial charge in [0.1, 0.15) is 0 Å². The first-order chi connectivity index (χ1) is 9.97. The maximum absolute atomic E-state index is 13.6. The molecule has 4 nitrogen and oxygen atoms in total. The fourth-order valence-electron chi connectivity index (χ4n) is 2.16. The van der Waals surface area contributed by atoms with Gasteiger partial charge in [-0.3, -0.25) is 4.79 Å². The summed E-state index contributed by atoms with van der Waals surface area (Å²) in [6.45, 7) is 3.14. The third-order valence-electron chi connectivity index (χ3n) is 3.57. The van der Waals surface area contributed by atoms with E-state index in [0.717, 1.165) is 18.4 Å². The third-order valence-corrected chi connectivity index (χ3v) is 3.57.